The Labute approximate surface area is 173 Å². The molecule has 0 saturated carbocycles. The van der Waals surface area contributed by atoms with Gasteiger partial charge in [0, 0.05) is 24.6 Å². The molecule has 6 heteroatoms. The van der Waals surface area contributed by atoms with Gasteiger partial charge in [-0.25, -0.2) is 0 Å². The topological polar surface area (TPSA) is 67.6 Å². The number of halogens is 1. The van der Waals surface area contributed by atoms with Crippen molar-refractivity contribution in [1.29, 1.82) is 0 Å². The number of benzene rings is 2. The maximum Gasteiger partial charge on any atom is 0.234 e. The van der Waals surface area contributed by atoms with E-state index >= 15 is 0 Å². The van der Waals surface area contributed by atoms with Gasteiger partial charge in [-0.3, -0.25) is 9.69 Å². The highest BCUT2D eigenvalue weighted by molar-refractivity contribution is 5.85. The number of nitrogens with zero attached hydrogens (tertiary/aromatic N) is 1. The highest BCUT2D eigenvalue weighted by atomic mass is 35.5. The number of carbonyl (C=O) groups is 1. The Morgan fingerprint density at radius 3 is 2.54 bits per heavy atom. The Morgan fingerprint density at radius 2 is 1.86 bits per heavy atom. The van der Waals surface area contributed by atoms with Crippen molar-refractivity contribution in [3.8, 4) is 5.75 Å². The molecule has 3 rings (SSSR count). The molecule has 28 heavy (non-hydrogen) atoms. The minimum atomic E-state index is -0.105. The lowest BCUT2D eigenvalue weighted by atomic mass is 9.89. The second kappa shape index (κ2) is 10.5. The van der Waals surface area contributed by atoms with Crippen LogP contribution in [0.15, 0.2) is 54.6 Å². The summed E-state index contributed by atoms with van der Waals surface area (Å²) in [6.45, 7) is 4.72. The van der Waals surface area contributed by atoms with Crippen LogP contribution in [0.1, 0.15) is 30.0 Å². The van der Waals surface area contributed by atoms with E-state index in [9.17, 15) is 4.79 Å². The molecule has 1 aliphatic rings. The van der Waals surface area contributed by atoms with Gasteiger partial charge >= 0.3 is 0 Å². The number of carbonyl (C=O) groups excluding carboxylic acids is 1. The van der Waals surface area contributed by atoms with E-state index in [0.717, 1.165) is 24.4 Å². The fourth-order valence-corrected chi connectivity index (χ4v) is 4.00. The minimum Gasteiger partial charge on any atom is -0.496 e. The van der Waals surface area contributed by atoms with E-state index in [1.165, 1.54) is 5.56 Å². The van der Waals surface area contributed by atoms with Crippen LogP contribution in [0.5, 0.6) is 5.75 Å². The van der Waals surface area contributed by atoms with Crippen LogP contribution in [-0.4, -0.2) is 44.1 Å². The average Bonchev–Trinajstić information content (AvgIpc) is 3.11. The number of para-hydroxylation sites is 1. The number of amides is 1. The van der Waals surface area contributed by atoms with Gasteiger partial charge in [0.1, 0.15) is 5.75 Å². The zero-order valence-corrected chi connectivity index (χ0v) is 17.3. The summed E-state index contributed by atoms with van der Waals surface area (Å²) in [6.07, 6.45) is 0. The summed E-state index contributed by atoms with van der Waals surface area (Å²) in [5, 5.41) is 3.09. The van der Waals surface area contributed by atoms with Gasteiger partial charge in [-0.05, 0) is 31.0 Å². The molecule has 2 aromatic carbocycles. The monoisotopic (exact) mass is 403 g/mol. The molecule has 1 aliphatic heterocycles. The molecular weight excluding hydrogens is 374 g/mol. The molecule has 1 amide bonds. The van der Waals surface area contributed by atoms with Crippen molar-refractivity contribution in [2.75, 3.05) is 33.3 Å². The summed E-state index contributed by atoms with van der Waals surface area (Å²) in [7, 11) is 1.65. The molecule has 1 heterocycles. The van der Waals surface area contributed by atoms with Gasteiger partial charge < -0.3 is 15.8 Å². The van der Waals surface area contributed by atoms with Gasteiger partial charge in [0.15, 0.2) is 0 Å². The van der Waals surface area contributed by atoms with Crippen molar-refractivity contribution >= 4 is 18.3 Å². The van der Waals surface area contributed by atoms with Gasteiger partial charge in [-0.1, -0.05) is 48.5 Å². The SMILES string of the molecule is COc1ccccc1C(C)NC(=O)CN1C[C@@H](CN)[C@H](c2ccccc2)C1.Cl. The summed E-state index contributed by atoms with van der Waals surface area (Å²) in [6, 6.07) is 18.1. The number of methoxy groups -OCH3 is 1. The lowest BCUT2D eigenvalue weighted by Gasteiger charge is -2.20. The normalized spacial score (nSPS) is 20.2. The number of nitrogens with two attached hydrogens (primary N) is 1. The molecule has 0 radical (unpaired) electrons. The Morgan fingerprint density at radius 1 is 1.18 bits per heavy atom. The van der Waals surface area contributed by atoms with Crippen LogP contribution in [0.2, 0.25) is 0 Å². The van der Waals surface area contributed by atoms with Crippen LogP contribution in [0.25, 0.3) is 0 Å². The van der Waals surface area contributed by atoms with Crippen molar-refractivity contribution < 1.29 is 9.53 Å². The Hall–Kier alpha value is -2.08. The molecule has 0 bridgehead atoms. The first-order valence-electron chi connectivity index (χ1n) is 9.52. The minimum absolute atomic E-state index is 0. The van der Waals surface area contributed by atoms with Crippen molar-refractivity contribution in [2.45, 2.75) is 18.9 Å². The van der Waals surface area contributed by atoms with Crippen LogP contribution in [0.3, 0.4) is 0 Å². The van der Waals surface area contributed by atoms with Crippen molar-refractivity contribution in [3.63, 3.8) is 0 Å². The first-order chi connectivity index (χ1) is 13.1. The molecule has 0 aliphatic carbocycles. The number of hydrogen-bond donors (Lipinski definition) is 2. The maximum absolute atomic E-state index is 12.6. The van der Waals surface area contributed by atoms with Crippen LogP contribution in [-0.2, 0) is 4.79 Å². The third kappa shape index (κ3) is 5.25. The summed E-state index contributed by atoms with van der Waals surface area (Å²) < 4.78 is 5.40. The molecule has 1 fully saturated rings. The van der Waals surface area contributed by atoms with Gasteiger partial charge in [-0.15, -0.1) is 12.4 Å². The largest absolute Gasteiger partial charge is 0.496 e. The highest BCUT2D eigenvalue weighted by Gasteiger charge is 2.33. The number of likely N-dealkylation sites (tertiary alicyclic amines) is 1. The lowest BCUT2D eigenvalue weighted by molar-refractivity contribution is -0.122. The third-order valence-corrected chi connectivity index (χ3v) is 5.40. The smallest absolute Gasteiger partial charge is 0.234 e. The van der Waals surface area contributed by atoms with E-state index in [-0.39, 0.29) is 24.4 Å². The van der Waals surface area contributed by atoms with Gasteiger partial charge in [-0.2, -0.15) is 0 Å². The van der Waals surface area contributed by atoms with Crippen LogP contribution in [0, 0.1) is 5.92 Å². The third-order valence-electron chi connectivity index (χ3n) is 5.40. The average molecular weight is 404 g/mol. The van der Waals surface area contributed by atoms with E-state index in [2.05, 4.69) is 34.5 Å². The quantitative estimate of drug-likeness (QED) is 0.745. The fourth-order valence-electron chi connectivity index (χ4n) is 4.00. The zero-order chi connectivity index (χ0) is 19.2. The van der Waals surface area contributed by atoms with Gasteiger partial charge in [0.05, 0.1) is 19.7 Å². The molecule has 0 spiro atoms. The van der Waals surface area contributed by atoms with Gasteiger partial charge in [0.25, 0.3) is 0 Å². The predicted octanol–water partition coefficient (Wildman–Crippen LogP) is 2.97. The Kier molecular flexibility index (Phi) is 8.30. The molecule has 0 aromatic heterocycles. The standard InChI is InChI=1S/C22H29N3O2.ClH/c1-16(19-10-6-7-11-21(19)27-2)24-22(26)15-25-13-18(12-23)20(14-25)17-8-4-3-5-9-17;/h3-11,16,18,20H,12-15,23H2,1-2H3,(H,24,26);1H/t16?,18-,20+;/m1./s1. The number of ether oxygens (including phenoxy) is 1. The molecule has 3 N–H and O–H groups in total. The molecular formula is C22H30ClN3O2. The van der Waals surface area contributed by atoms with Crippen LogP contribution >= 0.6 is 12.4 Å². The summed E-state index contributed by atoms with van der Waals surface area (Å²) in [5.74, 6) is 1.58. The molecule has 3 atom stereocenters. The van der Waals surface area contributed by atoms with Crippen LogP contribution in [0.4, 0.5) is 0 Å². The number of nitrogens with one attached hydrogen (secondary N) is 1. The van der Waals surface area contributed by atoms with Crippen molar-refractivity contribution in [2.24, 2.45) is 11.7 Å². The molecule has 2 aromatic rings. The molecule has 152 valence electrons. The zero-order valence-electron chi connectivity index (χ0n) is 16.5. The lowest BCUT2D eigenvalue weighted by Crippen LogP contribution is -2.37. The Balaban J connectivity index is 0.00000280. The summed E-state index contributed by atoms with van der Waals surface area (Å²) in [4.78, 5) is 14.8. The molecule has 1 unspecified atom stereocenters. The van der Waals surface area contributed by atoms with E-state index in [1.807, 2.05) is 37.3 Å². The van der Waals surface area contributed by atoms with E-state index < -0.39 is 0 Å². The number of rotatable bonds is 7. The first kappa shape index (κ1) is 22.2. The van der Waals surface area contributed by atoms with Gasteiger partial charge in [0.2, 0.25) is 5.91 Å². The van der Waals surface area contributed by atoms with Crippen LogP contribution < -0.4 is 15.8 Å². The van der Waals surface area contributed by atoms with E-state index in [4.69, 9.17) is 10.5 Å². The summed E-state index contributed by atoms with van der Waals surface area (Å²) in [5.41, 5.74) is 8.29. The van der Waals surface area contributed by atoms with E-state index in [1.54, 1.807) is 7.11 Å². The second-order valence-corrected chi connectivity index (χ2v) is 7.24. The van der Waals surface area contributed by atoms with Crippen molar-refractivity contribution in [1.82, 2.24) is 10.2 Å². The molecule has 5 nitrogen and oxygen atoms in total. The highest BCUT2D eigenvalue weighted by Crippen LogP contribution is 2.32. The van der Waals surface area contributed by atoms with Crippen molar-refractivity contribution in [3.05, 3.63) is 65.7 Å². The number of hydrogen-bond acceptors (Lipinski definition) is 4. The fraction of sp³-hybridized carbons (Fsp3) is 0.409. The maximum atomic E-state index is 12.6. The predicted molar refractivity (Wildman–Crippen MR) is 115 cm³/mol. The van der Waals surface area contributed by atoms with E-state index in [0.29, 0.717) is 24.9 Å². The summed E-state index contributed by atoms with van der Waals surface area (Å²) >= 11 is 0. The first-order valence-corrected chi connectivity index (χ1v) is 9.52. The molecule has 1 saturated heterocycles. The second-order valence-electron chi connectivity index (χ2n) is 7.24. The Bertz CT molecular complexity index is 756.